The fourth-order valence-electron chi connectivity index (χ4n) is 0.950. The quantitative estimate of drug-likeness (QED) is 0.534. The second-order valence-electron chi connectivity index (χ2n) is 2.25. The molecule has 62 valence electrons. The van der Waals surface area contributed by atoms with E-state index in [9.17, 15) is 0 Å². The summed E-state index contributed by atoms with van der Waals surface area (Å²) in [5, 5.41) is 0.518. The van der Waals surface area contributed by atoms with E-state index < -0.39 is 6.35 Å². The van der Waals surface area contributed by atoms with Crippen molar-refractivity contribution in [3.63, 3.8) is 0 Å². The second kappa shape index (κ2) is 2.49. The molecule has 0 saturated carbocycles. The standard InChI is InChI=1S/C6H7N5O/c1-12-6-10-3-4(7)8-2-9-5(3)11-6/h2,6H,1H3,(H2,7,8,9,11). The van der Waals surface area contributed by atoms with E-state index in [1.165, 1.54) is 13.4 Å². The number of nitrogen functional groups attached to an aromatic ring is 1. The second-order valence-corrected chi connectivity index (χ2v) is 2.25. The van der Waals surface area contributed by atoms with Gasteiger partial charge in [-0.3, -0.25) is 0 Å². The zero-order valence-corrected chi connectivity index (χ0v) is 6.43. The highest BCUT2D eigenvalue weighted by Crippen LogP contribution is 1.94. The van der Waals surface area contributed by atoms with Crippen molar-refractivity contribution < 1.29 is 4.74 Å². The Balaban J connectivity index is 2.68. The molecule has 0 spiro atoms. The van der Waals surface area contributed by atoms with Gasteiger partial charge in [0.25, 0.3) is 0 Å². The van der Waals surface area contributed by atoms with Gasteiger partial charge in [-0.05, 0) is 0 Å². The van der Waals surface area contributed by atoms with E-state index in [-0.39, 0.29) is 0 Å². The van der Waals surface area contributed by atoms with E-state index in [1.807, 2.05) is 0 Å². The molecule has 0 saturated heterocycles. The number of methoxy groups -OCH3 is 1. The first-order chi connectivity index (χ1) is 5.81. The van der Waals surface area contributed by atoms with Crippen molar-refractivity contribution in [2.24, 2.45) is 9.98 Å². The van der Waals surface area contributed by atoms with Crippen molar-refractivity contribution in [2.45, 2.75) is 6.35 Å². The molecule has 1 atom stereocenters. The van der Waals surface area contributed by atoms with E-state index in [1.54, 1.807) is 0 Å². The van der Waals surface area contributed by atoms with Gasteiger partial charge >= 0.3 is 0 Å². The third kappa shape index (κ3) is 0.928. The first-order valence-corrected chi connectivity index (χ1v) is 3.36. The van der Waals surface area contributed by atoms with Crippen molar-refractivity contribution >= 4 is 5.82 Å². The molecule has 1 aliphatic heterocycles. The fourth-order valence-corrected chi connectivity index (χ4v) is 0.950. The lowest BCUT2D eigenvalue weighted by Crippen LogP contribution is -2.29. The number of hydrogen-bond donors (Lipinski definition) is 1. The van der Waals surface area contributed by atoms with Crippen LogP contribution in [0.25, 0.3) is 0 Å². The van der Waals surface area contributed by atoms with Crippen LogP contribution in [-0.2, 0) is 4.74 Å². The largest absolute Gasteiger partial charge is 0.382 e. The number of ether oxygens (including phenoxy) is 1. The molecule has 2 heterocycles. The molecule has 1 aromatic heterocycles. The molecular formula is C6H7N5O. The number of fused-ring (bicyclic) bond motifs is 1. The Hall–Kier alpha value is -1.56. The minimum absolute atomic E-state index is 0.336. The van der Waals surface area contributed by atoms with Gasteiger partial charge in [-0.2, -0.15) is 0 Å². The minimum Gasteiger partial charge on any atom is -0.382 e. The number of aromatic nitrogens is 2. The Morgan fingerprint density at radius 2 is 2.25 bits per heavy atom. The summed E-state index contributed by atoms with van der Waals surface area (Å²) >= 11 is 0. The van der Waals surface area contributed by atoms with E-state index >= 15 is 0 Å². The molecule has 0 aliphatic carbocycles. The van der Waals surface area contributed by atoms with Crippen molar-refractivity contribution in [3.8, 4) is 0 Å². The molecular weight excluding hydrogens is 158 g/mol. The summed E-state index contributed by atoms with van der Waals surface area (Å²) in [4.78, 5) is 15.7. The average molecular weight is 165 g/mol. The maximum atomic E-state index is 5.53. The van der Waals surface area contributed by atoms with Crippen LogP contribution in [0.5, 0.6) is 0 Å². The molecule has 2 rings (SSSR count). The van der Waals surface area contributed by atoms with Crippen LogP contribution in [0.1, 0.15) is 0 Å². The van der Waals surface area contributed by atoms with E-state index in [0.717, 1.165) is 0 Å². The van der Waals surface area contributed by atoms with Crippen molar-refractivity contribution in [3.05, 3.63) is 17.2 Å². The third-order valence-corrected chi connectivity index (χ3v) is 1.51. The predicted octanol–water partition coefficient (Wildman–Crippen LogP) is -1.76. The number of hydrogen-bond acceptors (Lipinski definition) is 6. The van der Waals surface area contributed by atoms with Crippen LogP contribution < -0.4 is 16.6 Å². The van der Waals surface area contributed by atoms with E-state index in [4.69, 9.17) is 10.5 Å². The molecule has 1 unspecified atom stereocenters. The van der Waals surface area contributed by atoms with Gasteiger partial charge in [-0.1, -0.05) is 0 Å². The average Bonchev–Trinajstić information content (AvgIpc) is 2.49. The summed E-state index contributed by atoms with van der Waals surface area (Å²) in [5.74, 6) is 0.336. The summed E-state index contributed by atoms with van der Waals surface area (Å²) < 4.78 is 4.89. The van der Waals surface area contributed by atoms with Gasteiger partial charge in [-0.25, -0.2) is 20.0 Å². The van der Waals surface area contributed by atoms with Crippen LogP contribution in [0.3, 0.4) is 0 Å². The van der Waals surface area contributed by atoms with E-state index in [2.05, 4.69) is 20.0 Å². The van der Waals surface area contributed by atoms with Crippen molar-refractivity contribution in [1.82, 2.24) is 9.97 Å². The van der Waals surface area contributed by atoms with Crippen LogP contribution in [0, 0.1) is 0 Å². The first kappa shape index (κ1) is 7.11. The lowest BCUT2D eigenvalue weighted by molar-refractivity contribution is 0.116. The summed E-state index contributed by atoms with van der Waals surface area (Å²) in [6.45, 7) is 0. The molecule has 0 fully saturated rings. The number of anilines is 1. The van der Waals surface area contributed by atoms with Gasteiger partial charge in [0.1, 0.15) is 11.7 Å². The van der Waals surface area contributed by atoms with Gasteiger partial charge in [0.05, 0.1) is 0 Å². The molecule has 0 bridgehead atoms. The summed E-state index contributed by atoms with van der Waals surface area (Å²) in [5.41, 5.74) is 6.02. The molecule has 1 aromatic rings. The summed E-state index contributed by atoms with van der Waals surface area (Å²) in [6, 6.07) is 0. The maximum absolute atomic E-state index is 5.53. The Labute approximate surface area is 67.8 Å². The number of nitrogens with zero attached hydrogens (tertiary/aromatic N) is 4. The lowest BCUT2D eigenvalue weighted by Gasteiger charge is -1.96. The Morgan fingerprint density at radius 1 is 1.42 bits per heavy atom. The van der Waals surface area contributed by atoms with Gasteiger partial charge in [0.2, 0.25) is 6.35 Å². The van der Waals surface area contributed by atoms with Crippen LogP contribution in [0.15, 0.2) is 16.3 Å². The third-order valence-electron chi connectivity index (χ3n) is 1.51. The van der Waals surface area contributed by atoms with Gasteiger partial charge in [-0.15, -0.1) is 0 Å². The van der Waals surface area contributed by atoms with Crippen LogP contribution in [0.2, 0.25) is 0 Å². The molecule has 6 heteroatoms. The van der Waals surface area contributed by atoms with Crippen LogP contribution in [0.4, 0.5) is 5.82 Å². The maximum Gasteiger partial charge on any atom is 0.248 e. The molecule has 1 aliphatic rings. The zero-order chi connectivity index (χ0) is 8.55. The Kier molecular flexibility index (Phi) is 1.47. The molecule has 6 nitrogen and oxygen atoms in total. The SMILES string of the molecule is COC1N=c2ncnc(N)c2=N1. The highest BCUT2D eigenvalue weighted by Gasteiger charge is 2.10. The smallest absolute Gasteiger partial charge is 0.248 e. The molecule has 0 radical (unpaired) electrons. The first-order valence-electron chi connectivity index (χ1n) is 3.36. The van der Waals surface area contributed by atoms with Gasteiger partial charge in [0, 0.05) is 7.11 Å². The number of nitrogens with two attached hydrogens (primary N) is 1. The molecule has 12 heavy (non-hydrogen) atoms. The summed E-state index contributed by atoms with van der Waals surface area (Å²) in [6.07, 6.45) is 0.838. The Bertz CT molecular complexity index is 414. The highest BCUT2D eigenvalue weighted by molar-refractivity contribution is 5.23. The van der Waals surface area contributed by atoms with E-state index in [0.29, 0.717) is 16.7 Å². The minimum atomic E-state index is -0.515. The van der Waals surface area contributed by atoms with Gasteiger partial charge < -0.3 is 10.5 Å². The highest BCUT2D eigenvalue weighted by atomic mass is 16.5. The normalized spacial score (nSPS) is 19.6. The van der Waals surface area contributed by atoms with Crippen LogP contribution >= 0.6 is 0 Å². The van der Waals surface area contributed by atoms with Crippen molar-refractivity contribution in [1.29, 1.82) is 0 Å². The number of rotatable bonds is 1. The molecule has 0 aromatic carbocycles. The van der Waals surface area contributed by atoms with Crippen LogP contribution in [-0.4, -0.2) is 23.4 Å². The predicted molar refractivity (Wildman–Crippen MR) is 39.6 cm³/mol. The summed E-state index contributed by atoms with van der Waals surface area (Å²) in [7, 11) is 1.52. The zero-order valence-electron chi connectivity index (χ0n) is 6.43. The fraction of sp³-hybridized carbons (Fsp3) is 0.333. The lowest BCUT2D eigenvalue weighted by atomic mass is 10.5. The monoisotopic (exact) mass is 165 g/mol. The topological polar surface area (TPSA) is 85.8 Å². The Morgan fingerprint density at radius 3 is 2.92 bits per heavy atom. The molecule has 0 amide bonds. The molecule has 2 N–H and O–H groups in total. The van der Waals surface area contributed by atoms with Crippen molar-refractivity contribution in [2.75, 3.05) is 12.8 Å². The van der Waals surface area contributed by atoms with Gasteiger partial charge in [0.15, 0.2) is 11.3 Å².